The molecule has 0 bridgehead atoms. The van der Waals surface area contributed by atoms with Gasteiger partial charge >= 0.3 is 0 Å². The van der Waals surface area contributed by atoms with Crippen LogP contribution >= 0.6 is 11.6 Å². The van der Waals surface area contributed by atoms with Gasteiger partial charge in [-0.2, -0.15) is 0 Å². The predicted octanol–water partition coefficient (Wildman–Crippen LogP) is 2.81. The second-order valence-corrected chi connectivity index (χ2v) is 4.01. The topological polar surface area (TPSA) is 51.2 Å². The Morgan fingerprint density at radius 1 is 1.25 bits per heavy atom. The smallest absolute Gasteiger partial charge is 0.117 e. The first-order chi connectivity index (χ1) is 7.74. The van der Waals surface area contributed by atoms with Gasteiger partial charge in [0.1, 0.15) is 5.76 Å². The predicted molar refractivity (Wildman–Crippen MR) is 65.1 cm³/mol. The van der Waals surface area contributed by atoms with E-state index in [2.05, 4.69) is 5.32 Å². The molecule has 0 spiro atoms. The van der Waals surface area contributed by atoms with Crippen molar-refractivity contribution < 1.29 is 4.42 Å². The summed E-state index contributed by atoms with van der Waals surface area (Å²) in [6, 6.07) is 9.33. The molecule has 0 saturated heterocycles. The lowest BCUT2D eigenvalue weighted by molar-refractivity contribution is 0.483. The van der Waals surface area contributed by atoms with Crippen LogP contribution in [0.3, 0.4) is 0 Å². The van der Waals surface area contributed by atoms with Gasteiger partial charge in [0.15, 0.2) is 0 Å². The van der Waals surface area contributed by atoms with Gasteiger partial charge in [-0.1, -0.05) is 11.6 Å². The lowest BCUT2D eigenvalue weighted by Crippen LogP contribution is -2.12. The van der Waals surface area contributed by atoms with Crippen LogP contribution in [0.1, 0.15) is 11.3 Å². The molecule has 1 heterocycles. The molecule has 2 aromatic rings. The molecule has 16 heavy (non-hydrogen) atoms. The molecule has 1 aromatic carbocycles. The number of benzene rings is 1. The summed E-state index contributed by atoms with van der Waals surface area (Å²) in [5.41, 5.74) is 7.44. The number of halogens is 1. The number of furan rings is 1. The highest BCUT2D eigenvalue weighted by Crippen LogP contribution is 2.16. The minimum atomic E-state index is 0.662. The van der Waals surface area contributed by atoms with E-state index in [1.165, 1.54) is 0 Å². The first-order valence-corrected chi connectivity index (χ1v) is 5.40. The van der Waals surface area contributed by atoms with E-state index >= 15 is 0 Å². The summed E-state index contributed by atoms with van der Waals surface area (Å²) < 4.78 is 5.21. The van der Waals surface area contributed by atoms with Gasteiger partial charge in [0.2, 0.25) is 0 Å². The molecular weight excluding hydrogens is 224 g/mol. The van der Waals surface area contributed by atoms with Gasteiger partial charge in [0.25, 0.3) is 0 Å². The molecule has 0 aliphatic carbocycles. The number of hydrogen-bond donors (Lipinski definition) is 2. The summed E-state index contributed by atoms with van der Waals surface area (Å²) in [7, 11) is 0. The molecule has 0 saturated carbocycles. The molecule has 3 N–H and O–H groups in total. The normalized spacial score (nSPS) is 10.6. The summed E-state index contributed by atoms with van der Waals surface area (Å²) in [5, 5.41) is 3.91. The summed E-state index contributed by atoms with van der Waals surface area (Å²) in [6.45, 7) is 1.41. The Morgan fingerprint density at radius 2 is 2.12 bits per heavy atom. The van der Waals surface area contributed by atoms with Crippen LogP contribution in [0, 0.1) is 0 Å². The Bertz CT molecular complexity index is 434. The molecule has 0 radical (unpaired) electrons. The van der Waals surface area contributed by atoms with Crippen LogP contribution in [0.15, 0.2) is 41.0 Å². The molecule has 0 fully saturated rings. The Labute approximate surface area is 99.2 Å². The molecule has 1 aromatic heterocycles. The van der Waals surface area contributed by atoms with E-state index in [4.69, 9.17) is 21.8 Å². The highest BCUT2D eigenvalue weighted by molar-refractivity contribution is 6.30. The Hall–Kier alpha value is -1.45. The average molecular weight is 237 g/mol. The van der Waals surface area contributed by atoms with Crippen LogP contribution < -0.4 is 11.1 Å². The first kappa shape index (κ1) is 11.0. The fourth-order valence-corrected chi connectivity index (χ4v) is 1.79. The molecule has 0 atom stereocenters. The zero-order valence-corrected chi connectivity index (χ0v) is 9.50. The van der Waals surface area contributed by atoms with Crippen molar-refractivity contribution in [2.24, 2.45) is 0 Å². The number of hydrogen-bond acceptors (Lipinski definition) is 3. The van der Waals surface area contributed by atoms with Gasteiger partial charge in [0.05, 0.1) is 12.8 Å². The van der Waals surface area contributed by atoms with E-state index in [1.807, 2.05) is 24.3 Å². The molecule has 0 amide bonds. The van der Waals surface area contributed by atoms with E-state index in [9.17, 15) is 0 Å². The monoisotopic (exact) mass is 236 g/mol. The van der Waals surface area contributed by atoms with E-state index in [-0.39, 0.29) is 0 Å². The van der Waals surface area contributed by atoms with Crippen molar-refractivity contribution in [3.8, 4) is 0 Å². The number of nitrogen functional groups attached to an aromatic ring is 1. The van der Waals surface area contributed by atoms with Crippen LogP contribution in [0.25, 0.3) is 0 Å². The van der Waals surface area contributed by atoms with Crippen LogP contribution in [0.5, 0.6) is 0 Å². The molecule has 0 aliphatic rings. The van der Waals surface area contributed by atoms with Gasteiger partial charge < -0.3 is 15.5 Å². The second-order valence-electron chi connectivity index (χ2n) is 3.58. The average Bonchev–Trinajstić information content (AvgIpc) is 2.69. The van der Waals surface area contributed by atoms with Gasteiger partial charge in [-0.25, -0.2) is 0 Å². The van der Waals surface area contributed by atoms with E-state index in [1.54, 1.807) is 12.3 Å². The maximum Gasteiger partial charge on any atom is 0.117 e. The van der Waals surface area contributed by atoms with Crippen LogP contribution in [0.2, 0.25) is 5.02 Å². The van der Waals surface area contributed by atoms with Gasteiger partial charge in [-0.3, -0.25) is 0 Å². The SMILES string of the molecule is Nc1cc(Cl)cc(CNCc2ccco2)c1. The highest BCUT2D eigenvalue weighted by atomic mass is 35.5. The lowest BCUT2D eigenvalue weighted by atomic mass is 10.2. The lowest BCUT2D eigenvalue weighted by Gasteiger charge is -2.05. The fraction of sp³-hybridized carbons (Fsp3) is 0.167. The summed E-state index contributed by atoms with van der Waals surface area (Å²) in [5.74, 6) is 0.912. The molecule has 2 rings (SSSR count). The van der Waals surface area contributed by atoms with Crippen molar-refractivity contribution in [2.75, 3.05) is 5.73 Å². The maximum absolute atomic E-state index is 5.90. The van der Waals surface area contributed by atoms with E-state index < -0.39 is 0 Å². The van der Waals surface area contributed by atoms with Gasteiger partial charge in [-0.15, -0.1) is 0 Å². The van der Waals surface area contributed by atoms with Crippen molar-refractivity contribution in [1.82, 2.24) is 5.32 Å². The van der Waals surface area contributed by atoms with Crippen LogP contribution in [-0.2, 0) is 13.1 Å². The number of rotatable bonds is 4. The van der Waals surface area contributed by atoms with E-state index in [0.717, 1.165) is 11.3 Å². The summed E-state index contributed by atoms with van der Waals surface area (Å²) in [4.78, 5) is 0. The second kappa shape index (κ2) is 5.05. The van der Waals surface area contributed by atoms with Crippen molar-refractivity contribution in [2.45, 2.75) is 13.1 Å². The van der Waals surface area contributed by atoms with Crippen LogP contribution in [0.4, 0.5) is 5.69 Å². The molecule has 84 valence electrons. The minimum absolute atomic E-state index is 0.662. The minimum Gasteiger partial charge on any atom is -0.468 e. The number of anilines is 1. The third-order valence-electron chi connectivity index (χ3n) is 2.19. The fourth-order valence-electron chi connectivity index (χ4n) is 1.52. The Balaban J connectivity index is 1.89. The van der Waals surface area contributed by atoms with Crippen molar-refractivity contribution in [3.05, 3.63) is 52.9 Å². The molecular formula is C12H13ClN2O. The molecule has 0 aliphatic heterocycles. The summed E-state index contributed by atoms with van der Waals surface area (Å²) >= 11 is 5.90. The summed E-state index contributed by atoms with van der Waals surface area (Å²) in [6.07, 6.45) is 1.66. The third-order valence-corrected chi connectivity index (χ3v) is 2.41. The third kappa shape index (κ3) is 3.02. The van der Waals surface area contributed by atoms with Crippen molar-refractivity contribution >= 4 is 17.3 Å². The van der Waals surface area contributed by atoms with Gasteiger partial charge in [-0.05, 0) is 35.9 Å². The first-order valence-electron chi connectivity index (χ1n) is 5.02. The highest BCUT2D eigenvalue weighted by Gasteiger charge is 1.98. The molecule has 4 heteroatoms. The largest absolute Gasteiger partial charge is 0.468 e. The zero-order valence-electron chi connectivity index (χ0n) is 8.74. The van der Waals surface area contributed by atoms with Gasteiger partial charge in [0, 0.05) is 17.3 Å². The maximum atomic E-state index is 5.90. The van der Waals surface area contributed by atoms with Crippen molar-refractivity contribution in [3.63, 3.8) is 0 Å². The Kier molecular flexibility index (Phi) is 3.49. The quantitative estimate of drug-likeness (QED) is 0.803. The zero-order chi connectivity index (χ0) is 11.4. The Morgan fingerprint density at radius 3 is 2.81 bits per heavy atom. The molecule has 0 unspecified atom stereocenters. The van der Waals surface area contributed by atoms with Crippen molar-refractivity contribution in [1.29, 1.82) is 0 Å². The van der Waals surface area contributed by atoms with Crippen LogP contribution in [-0.4, -0.2) is 0 Å². The molecule has 3 nitrogen and oxygen atoms in total. The standard InChI is InChI=1S/C12H13ClN2O/c13-10-4-9(5-11(14)6-10)7-15-8-12-2-1-3-16-12/h1-6,15H,7-8,14H2. The number of nitrogens with one attached hydrogen (secondary N) is 1. The number of nitrogens with two attached hydrogens (primary N) is 1. The van der Waals surface area contributed by atoms with E-state index in [0.29, 0.717) is 23.8 Å².